The Morgan fingerprint density at radius 2 is 1.91 bits per heavy atom. The zero-order valence-corrected chi connectivity index (χ0v) is 17.3. The van der Waals surface area contributed by atoms with Crippen molar-refractivity contribution in [3.05, 3.63) is 64.9 Å². The standard InChI is InChI=1S/C22H21FN4O5/c1-31-22(30)19-20(28)17-16(18(25-19)21(29)26-27-6-8-32-9-7-27)11-14(12-24-17)10-13-2-4-15(23)5-3-13/h2-5,11-12,28H,6-10H2,1H3,(H,26,29). The summed E-state index contributed by atoms with van der Waals surface area (Å²) in [6, 6.07) is 7.71. The summed E-state index contributed by atoms with van der Waals surface area (Å²) in [5.41, 5.74) is 3.90. The van der Waals surface area contributed by atoms with Crippen molar-refractivity contribution >= 4 is 22.8 Å². The lowest BCUT2D eigenvalue weighted by molar-refractivity contribution is 0.0125. The molecule has 3 heterocycles. The molecule has 0 unspecified atom stereocenters. The van der Waals surface area contributed by atoms with E-state index in [1.165, 1.54) is 18.3 Å². The maximum absolute atomic E-state index is 13.2. The zero-order valence-electron chi connectivity index (χ0n) is 17.3. The summed E-state index contributed by atoms with van der Waals surface area (Å²) >= 11 is 0. The van der Waals surface area contributed by atoms with Crippen LogP contribution >= 0.6 is 0 Å². The number of halogens is 1. The van der Waals surface area contributed by atoms with Crippen molar-refractivity contribution in [1.82, 2.24) is 20.4 Å². The van der Waals surface area contributed by atoms with Crippen molar-refractivity contribution in [2.75, 3.05) is 33.4 Å². The number of carbonyl (C=O) groups is 2. The number of nitrogens with one attached hydrogen (secondary N) is 1. The van der Waals surface area contributed by atoms with Crippen LogP contribution in [0.5, 0.6) is 5.75 Å². The van der Waals surface area contributed by atoms with Gasteiger partial charge >= 0.3 is 5.97 Å². The predicted octanol–water partition coefficient (Wildman–Crippen LogP) is 1.83. The number of aromatic hydroxyl groups is 1. The highest BCUT2D eigenvalue weighted by atomic mass is 19.1. The Balaban J connectivity index is 1.76. The van der Waals surface area contributed by atoms with Gasteiger partial charge in [0.2, 0.25) is 0 Å². The monoisotopic (exact) mass is 440 g/mol. The Bertz CT molecular complexity index is 1160. The van der Waals surface area contributed by atoms with Crippen LogP contribution in [0.4, 0.5) is 4.39 Å². The Morgan fingerprint density at radius 1 is 1.19 bits per heavy atom. The first kappa shape index (κ1) is 21.6. The van der Waals surface area contributed by atoms with Gasteiger partial charge in [0.1, 0.15) is 17.0 Å². The van der Waals surface area contributed by atoms with Crippen LogP contribution in [0.1, 0.15) is 32.1 Å². The van der Waals surface area contributed by atoms with Gasteiger partial charge in [0.25, 0.3) is 5.91 Å². The average Bonchev–Trinajstić information content (AvgIpc) is 2.81. The van der Waals surface area contributed by atoms with Gasteiger partial charge in [0.05, 0.1) is 20.3 Å². The van der Waals surface area contributed by atoms with Gasteiger partial charge in [-0.2, -0.15) is 0 Å². The van der Waals surface area contributed by atoms with Crippen LogP contribution in [0.2, 0.25) is 0 Å². The molecule has 166 valence electrons. The molecule has 0 radical (unpaired) electrons. The molecule has 9 nitrogen and oxygen atoms in total. The van der Waals surface area contributed by atoms with E-state index in [4.69, 9.17) is 4.74 Å². The number of ether oxygens (including phenoxy) is 2. The molecule has 0 aliphatic carbocycles. The van der Waals surface area contributed by atoms with Crippen LogP contribution in [0.25, 0.3) is 10.9 Å². The summed E-state index contributed by atoms with van der Waals surface area (Å²) in [5.74, 6) is -2.25. The molecule has 0 spiro atoms. The van der Waals surface area contributed by atoms with Crippen molar-refractivity contribution in [2.24, 2.45) is 0 Å². The number of nitrogens with zero attached hydrogens (tertiary/aromatic N) is 3. The molecule has 4 rings (SSSR count). The highest BCUT2D eigenvalue weighted by Gasteiger charge is 2.25. The number of benzene rings is 1. The molecule has 0 atom stereocenters. The van der Waals surface area contributed by atoms with E-state index >= 15 is 0 Å². The van der Waals surface area contributed by atoms with E-state index in [0.29, 0.717) is 32.7 Å². The SMILES string of the molecule is COC(=O)c1nc(C(=O)NN2CCOCC2)c2cc(Cc3ccc(F)cc3)cnc2c1O. The number of fused-ring (bicyclic) bond motifs is 1. The van der Waals surface area contributed by atoms with E-state index in [-0.39, 0.29) is 22.4 Å². The Hall–Kier alpha value is -3.63. The van der Waals surface area contributed by atoms with Gasteiger partial charge in [-0.25, -0.2) is 19.2 Å². The topological polar surface area (TPSA) is 114 Å². The number of hydrogen-bond donors (Lipinski definition) is 2. The summed E-state index contributed by atoms with van der Waals surface area (Å²) < 4.78 is 23.2. The summed E-state index contributed by atoms with van der Waals surface area (Å²) in [6.45, 7) is 1.95. The highest BCUT2D eigenvalue weighted by Crippen LogP contribution is 2.29. The predicted molar refractivity (Wildman–Crippen MR) is 112 cm³/mol. The average molecular weight is 440 g/mol. The number of aromatic nitrogens is 2. The van der Waals surface area contributed by atoms with Gasteiger partial charge in [-0.05, 0) is 35.7 Å². The molecule has 32 heavy (non-hydrogen) atoms. The number of morpholine rings is 1. The number of rotatable bonds is 5. The second-order valence-corrected chi connectivity index (χ2v) is 7.23. The molecule has 3 aromatic rings. The van der Waals surface area contributed by atoms with Crippen LogP contribution in [0, 0.1) is 5.82 Å². The summed E-state index contributed by atoms with van der Waals surface area (Å²) in [4.78, 5) is 33.6. The van der Waals surface area contributed by atoms with Crippen LogP contribution in [-0.2, 0) is 15.9 Å². The molecule has 1 saturated heterocycles. The highest BCUT2D eigenvalue weighted by molar-refractivity contribution is 6.08. The first-order chi connectivity index (χ1) is 15.5. The normalized spacial score (nSPS) is 14.3. The molecule has 1 fully saturated rings. The van der Waals surface area contributed by atoms with E-state index in [1.54, 1.807) is 23.2 Å². The third kappa shape index (κ3) is 4.51. The van der Waals surface area contributed by atoms with E-state index in [1.807, 2.05) is 0 Å². The van der Waals surface area contributed by atoms with Gasteiger partial charge in [-0.3, -0.25) is 15.2 Å². The number of methoxy groups -OCH3 is 1. The van der Waals surface area contributed by atoms with Gasteiger partial charge in [-0.1, -0.05) is 12.1 Å². The largest absolute Gasteiger partial charge is 0.504 e. The third-order valence-electron chi connectivity index (χ3n) is 5.06. The molecule has 2 aromatic heterocycles. The molecule has 1 aliphatic heterocycles. The number of hydrogen-bond acceptors (Lipinski definition) is 8. The van der Waals surface area contributed by atoms with E-state index in [2.05, 4.69) is 20.1 Å². The molecule has 1 aromatic carbocycles. The van der Waals surface area contributed by atoms with Crippen LogP contribution in [-0.4, -0.2) is 65.4 Å². The fourth-order valence-electron chi connectivity index (χ4n) is 3.43. The second-order valence-electron chi connectivity index (χ2n) is 7.23. The number of amides is 1. The van der Waals surface area contributed by atoms with Gasteiger partial charge < -0.3 is 14.6 Å². The van der Waals surface area contributed by atoms with Gasteiger partial charge in [0.15, 0.2) is 11.4 Å². The molecule has 10 heteroatoms. The minimum atomic E-state index is -0.887. The first-order valence-electron chi connectivity index (χ1n) is 9.94. The number of pyridine rings is 2. The van der Waals surface area contributed by atoms with Crippen molar-refractivity contribution < 1.29 is 28.6 Å². The number of hydrazine groups is 1. The minimum absolute atomic E-state index is 0.0513. The van der Waals surface area contributed by atoms with Crippen LogP contribution in [0.3, 0.4) is 0 Å². The Kier molecular flexibility index (Phi) is 6.24. The van der Waals surface area contributed by atoms with Gasteiger partial charge in [-0.15, -0.1) is 0 Å². The summed E-state index contributed by atoms with van der Waals surface area (Å²) in [5, 5.41) is 12.5. The van der Waals surface area contributed by atoms with E-state index in [0.717, 1.165) is 18.2 Å². The smallest absolute Gasteiger partial charge is 0.360 e. The van der Waals surface area contributed by atoms with Crippen LogP contribution < -0.4 is 5.43 Å². The lowest BCUT2D eigenvalue weighted by atomic mass is 10.0. The lowest BCUT2D eigenvalue weighted by Crippen LogP contribution is -2.48. The molecular weight excluding hydrogens is 419 g/mol. The van der Waals surface area contributed by atoms with E-state index < -0.39 is 23.3 Å². The van der Waals surface area contributed by atoms with Crippen molar-refractivity contribution in [3.8, 4) is 5.75 Å². The lowest BCUT2D eigenvalue weighted by Gasteiger charge is -2.27. The maximum atomic E-state index is 13.2. The minimum Gasteiger partial charge on any atom is -0.504 e. The molecular formula is C22H21FN4O5. The molecule has 0 saturated carbocycles. The third-order valence-corrected chi connectivity index (χ3v) is 5.06. The van der Waals surface area contributed by atoms with Crippen molar-refractivity contribution in [3.63, 3.8) is 0 Å². The number of esters is 1. The molecule has 0 bridgehead atoms. The Morgan fingerprint density at radius 3 is 2.59 bits per heavy atom. The van der Waals surface area contributed by atoms with Crippen molar-refractivity contribution in [1.29, 1.82) is 0 Å². The van der Waals surface area contributed by atoms with Crippen molar-refractivity contribution in [2.45, 2.75) is 6.42 Å². The fraction of sp³-hybridized carbons (Fsp3) is 0.273. The van der Waals surface area contributed by atoms with Crippen LogP contribution in [0.15, 0.2) is 36.5 Å². The first-order valence-corrected chi connectivity index (χ1v) is 9.94. The summed E-state index contributed by atoms with van der Waals surface area (Å²) in [6.07, 6.45) is 1.95. The molecule has 1 aliphatic rings. The summed E-state index contributed by atoms with van der Waals surface area (Å²) in [7, 11) is 1.15. The second kappa shape index (κ2) is 9.25. The zero-order chi connectivity index (χ0) is 22.7. The fourth-order valence-corrected chi connectivity index (χ4v) is 3.43. The molecule has 2 N–H and O–H groups in total. The Labute approximate surface area is 182 Å². The van der Waals surface area contributed by atoms with Gasteiger partial charge in [0, 0.05) is 24.7 Å². The number of carbonyl (C=O) groups excluding carboxylic acids is 2. The van der Waals surface area contributed by atoms with E-state index in [9.17, 15) is 19.1 Å². The molecule has 1 amide bonds. The maximum Gasteiger partial charge on any atom is 0.360 e. The quantitative estimate of drug-likeness (QED) is 0.578.